The van der Waals surface area contributed by atoms with Crippen LogP contribution in [0.25, 0.3) is 11.1 Å². The molecule has 0 saturated carbocycles. The van der Waals surface area contributed by atoms with E-state index < -0.39 is 0 Å². The highest BCUT2D eigenvalue weighted by molar-refractivity contribution is 6.34. The molecule has 0 aliphatic rings. The van der Waals surface area contributed by atoms with Gasteiger partial charge in [-0.3, -0.25) is 0 Å². The molecule has 23 heavy (non-hydrogen) atoms. The van der Waals surface area contributed by atoms with Gasteiger partial charge in [-0.2, -0.15) is 0 Å². The van der Waals surface area contributed by atoms with Crippen molar-refractivity contribution >= 4 is 34.3 Å². The van der Waals surface area contributed by atoms with Crippen molar-refractivity contribution in [3.8, 4) is 0 Å². The highest BCUT2D eigenvalue weighted by atomic mass is 35.5. The van der Waals surface area contributed by atoms with Crippen LogP contribution in [-0.2, 0) is 0 Å². The summed E-state index contributed by atoms with van der Waals surface area (Å²) in [6.45, 7) is 8.50. The quantitative estimate of drug-likeness (QED) is 0.397. The maximum atomic E-state index is 6.40. The smallest absolute Gasteiger partial charge is 0.0482 e. The Balaban J connectivity index is 2.67. The van der Waals surface area contributed by atoms with E-state index in [0.29, 0.717) is 5.02 Å². The molecule has 2 heteroatoms. The van der Waals surface area contributed by atoms with Gasteiger partial charge < -0.3 is 0 Å². The van der Waals surface area contributed by atoms with Crippen LogP contribution in [0.1, 0.15) is 42.5 Å². The van der Waals surface area contributed by atoms with Crippen molar-refractivity contribution in [2.45, 2.75) is 34.1 Å². The topological polar surface area (TPSA) is 0 Å². The van der Waals surface area contributed by atoms with Gasteiger partial charge in [0.2, 0.25) is 0 Å². The molecule has 2 rings (SSSR count). The molecule has 2 aromatic rings. The lowest BCUT2D eigenvalue weighted by Crippen LogP contribution is -1.91. The zero-order valence-electron chi connectivity index (χ0n) is 14.1. The first-order valence-corrected chi connectivity index (χ1v) is 8.60. The van der Waals surface area contributed by atoms with E-state index in [-0.39, 0.29) is 0 Å². The monoisotopic (exact) mass is 344 g/mol. The molecule has 0 saturated heterocycles. The van der Waals surface area contributed by atoms with Gasteiger partial charge in [-0.05, 0) is 78.8 Å². The van der Waals surface area contributed by atoms with Crippen LogP contribution in [0.4, 0.5) is 0 Å². The molecular formula is C21H22Cl2. The summed E-state index contributed by atoms with van der Waals surface area (Å²) in [6, 6.07) is 12.2. The van der Waals surface area contributed by atoms with Crippen molar-refractivity contribution in [3.63, 3.8) is 0 Å². The van der Waals surface area contributed by atoms with E-state index in [1.165, 1.54) is 22.3 Å². The summed E-state index contributed by atoms with van der Waals surface area (Å²) in [4.78, 5) is 0. The molecule has 0 nitrogen and oxygen atoms in total. The zero-order chi connectivity index (χ0) is 17.0. The SMILES string of the molecule is CC/C=C\C(=C(/C)c1cc(Cl)ccc1Cl)c1ccc(C)c(C)c1. The van der Waals surface area contributed by atoms with Crippen molar-refractivity contribution in [2.75, 3.05) is 0 Å². The van der Waals surface area contributed by atoms with Gasteiger partial charge in [0.1, 0.15) is 0 Å². The van der Waals surface area contributed by atoms with Crippen LogP contribution >= 0.6 is 23.2 Å². The first-order chi connectivity index (χ1) is 10.9. The molecule has 0 atom stereocenters. The number of hydrogen-bond acceptors (Lipinski definition) is 0. The summed E-state index contributed by atoms with van der Waals surface area (Å²) in [5.41, 5.74) is 7.07. The van der Waals surface area contributed by atoms with Gasteiger partial charge in [-0.15, -0.1) is 0 Å². The molecular weight excluding hydrogens is 323 g/mol. The molecule has 0 amide bonds. The highest BCUT2D eigenvalue weighted by Crippen LogP contribution is 2.33. The molecule has 0 unspecified atom stereocenters. The summed E-state index contributed by atoms with van der Waals surface area (Å²) in [5, 5.41) is 1.42. The summed E-state index contributed by atoms with van der Waals surface area (Å²) < 4.78 is 0. The number of allylic oxidation sites excluding steroid dienone is 4. The van der Waals surface area contributed by atoms with Crippen molar-refractivity contribution in [1.29, 1.82) is 0 Å². The Kier molecular flexibility index (Phi) is 6.10. The predicted molar refractivity (Wildman–Crippen MR) is 104 cm³/mol. The van der Waals surface area contributed by atoms with Crippen LogP contribution in [-0.4, -0.2) is 0 Å². The molecule has 2 aromatic carbocycles. The standard InChI is InChI=1S/C21H22Cl2/c1-5-6-7-19(17-9-8-14(2)15(3)12-17)16(4)20-13-18(22)10-11-21(20)23/h6-13H,5H2,1-4H3/b7-6-,19-16-. The van der Waals surface area contributed by atoms with Gasteiger partial charge in [0.15, 0.2) is 0 Å². The minimum Gasteiger partial charge on any atom is -0.0843 e. The van der Waals surface area contributed by atoms with Gasteiger partial charge in [-0.25, -0.2) is 0 Å². The molecule has 0 aromatic heterocycles. The van der Waals surface area contributed by atoms with E-state index in [4.69, 9.17) is 23.2 Å². The van der Waals surface area contributed by atoms with Gasteiger partial charge in [0.05, 0.1) is 0 Å². The Bertz CT molecular complexity index is 767. The molecule has 0 fully saturated rings. The average molecular weight is 345 g/mol. The number of rotatable bonds is 4. The van der Waals surface area contributed by atoms with E-state index in [1.54, 1.807) is 0 Å². The van der Waals surface area contributed by atoms with Crippen molar-refractivity contribution < 1.29 is 0 Å². The Morgan fingerprint density at radius 3 is 2.39 bits per heavy atom. The molecule has 0 N–H and O–H groups in total. The van der Waals surface area contributed by atoms with Crippen LogP contribution in [0.15, 0.2) is 48.6 Å². The molecule has 0 spiro atoms. The lowest BCUT2D eigenvalue weighted by atomic mass is 9.93. The van der Waals surface area contributed by atoms with Crippen LogP contribution in [0.3, 0.4) is 0 Å². The van der Waals surface area contributed by atoms with E-state index in [9.17, 15) is 0 Å². The first-order valence-electron chi connectivity index (χ1n) is 7.84. The van der Waals surface area contributed by atoms with Crippen molar-refractivity contribution in [3.05, 3.63) is 80.8 Å². The second-order valence-electron chi connectivity index (χ2n) is 5.77. The van der Waals surface area contributed by atoms with Crippen LogP contribution < -0.4 is 0 Å². The lowest BCUT2D eigenvalue weighted by Gasteiger charge is -2.13. The summed E-state index contributed by atoms with van der Waals surface area (Å²) in [7, 11) is 0. The third-order valence-corrected chi connectivity index (χ3v) is 4.64. The second kappa shape index (κ2) is 7.86. The number of benzene rings is 2. The predicted octanol–water partition coefficient (Wildman–Crippen LogP) is 7.51. The third-order valence-electron chi connectivity index (χ3n) is 4.07. The summed E-state index contributed by atoms with van der Waals surface area (Å²) in [6.07, 6.45) is 5.34. The number of aryl methyl sites for hydroxylation is 2. The summed E-state index contributed by atoms with van der Waals surface area (Å²) >= 11 is 12.6. The Morgan fingerprint density at radius 2 is 1.74 bits per heavy atom. The van der Waals surface area contributed by atoms with E-state index >= 15 is 0 Å². The largest absolute Gasteiger partial charge is 0.0843 e. The number of hydrogen-bond donors (Lipinski definition) is 0. The first kappa shape index (κ1) is 17.8. The molecule has 0 heterocycles. The lowest BCUT2D eigenvalue weighted by molar-refractivity contribution is 1.22. The molecule has 0 radical (unpaired) electrons. The molecule has 0 bridgehead atoms. The van der Waals surface area contributed by atoms with E-state index in [2.05, 4.69) is 58.0 Å². The van der Waals surface area contributed by atoms with Crippen molar-refractivity contribution in [2.24, 2.45) is 0 Å². The molecule has 120 valence electrons. The number of halogens is 2. The third kappa shape index (κ3) is 4.28. The normalized spacial score (nSPS) is 12.6. The van der Waals surface area contributed by atoms with Gasteiger partial charge >= 0.3 is 0 Å². The van der Waals surface area contributed by atoms with E-state index in [0.717, 1.165) is 22.6 Å². The minimum absolute atomic E-state index is 0.697. The fourth-order valence-corrected chi connectivity index (χ4v) is 2.94. The van der Waals surface area contributed by atoms with Crippen LogP contribution in [0, 0.1) is 13.8 Å². The maximum Gasteiger partial charge on any atom is 0.0482 e. The zero-order valence-corrected chi connectivity index (χ0v) is 15.6. The maximum absolute atomic E-state index is 6.40. The van der Waals surface area contributed by atoms with Gasteiger partial charge in [0.25, 0.3) is 0 Å². The van der Waals surface area contributed by atoms with Crippen LogP contribution in [0.2, 0.25) is 10.0 Å². The van der Waals surface area contributed by atoms with Gasteiger partial charge in [0, 0.05) is 10.0 Å². The average Bonchev–Trinajstić information content (AvgIpc) is 2.53. The Labute approximate surface area is 149 Å². The summed E-state index contributed by atoms with van der Waals surface area (Å²) in [5.74, 6) is 0. The van der Waals surface area contributed by atoms with E-state index in [1.807, 2.05) is 18.2 Å². The Morgan fingerprint density at radius 1 is 1.00 bits per heavy atom. The van der Waals surface area contributed by atoms with Gasteiger partial charge in [-0.1, -0.05) is 60.5 Å². The fraction of sp³-hybridized carbons (Fsp3) is 0.238. The van der Waals surface area contributed by atoms with Crippen molar-refractivity contribution in [1.82, 2.24) is 0 Å². The molecule has 0 aliphatic carbocycles. The minimum atomic E-state index is 0.697. The second-order valence-corrected chi connectivity index (χ2v) is 6.62. The fourth-order valence-electron chi connectivity index (χ4n) is 2.51. The molecule has 0 aliphatic heterocycles. The van der Waals surface area contributed by atoms with Crippen LogP contribution in [0.5, 0.6) is 0 Å². The highest BCUT2D eigenvalue weighted by Gasteiger charge is 2.10. The Hall–Kier alpha value is -1.50.